The largest absolute Gasteiger partial charge is 0.394 e. The number of aliphatic hydroxyl groups is 1. The van der Waals surface area contributed by atoms with E-state index in [1.165, 1.54) is 0 Å². The molecule has 2 rings (SSSR count). The zero-order chi connectivity index (χ0) is 13.1. The van der Waals surface area contributed by atoms with Crippen LogP contribution in [0.15, 0.2) is 5.10 Å². The van der Waals surface area contributed by atoms with Crippen LogP contribution < -0.4 is 5.43 Å². The number of nitrogens with zero attached hydrogens (tertiary/aromatic N) is 2. The quantitative estimate of drug-likeness (QED) is 0.652. The Hall–Kier alpha value is -1.47. The highest BCUT2D eigenvalue weighted by molar-refractivity contribution is 6.39. The Morgan fingerprint density at radius 2 is 2.39 bits per heavy atom. The predicted molar refractivity (Wildman–Crippen MR) is 62.8 cm³/mol. The molecule has 2 heterocycles. The third kappa shape index (κ3) is 2.68. The van der Waals surface area contributed by atoms with Gasteiger partial charge < -0.3 is 14.7 Å². The average molecular weight is 255 g/mol. The van der Waals surface area contributed by atoms with Gasteiger partial charge in [-0.15, -0.1) is 0 Å². The zero-order valence-electron chi connectivity index (χ0n) is 10.3. The van der Waals surface area contributed by atoms with Gasteiger partial charge in [0.15, 0.2) is 0 Å². The van der Waals surface area contributed by atoms with Crippen LogP contribution in [-0.4, -0.2) is 59.4 Å². The molecule has 2 amide bonds. The molecular weight excluding hydrogens is 238 g/mol. The summed E-state index contributed by atoms with van der Waals surface area (Å²) in [6.45, 7) is 2.52. The van der Waals surface area contributed by atoms with Gasteiger partial charge in [-0.05, 0) is 6.92 Å². The lowest BCUT2D eigenvalue weighted by molar-refractivity contribution is -0.139. The predicted octanol–water partition coefficient (Wildman–Crippen LogP) is -1.14. The first kappa shape index (κ1) is 13.0. The molecule has 2 aliphatic heterocycles. The van der Waals surface area contributed by atoms with Crippen LogP contribution in [0.4, 0.5) is 0 Å². The number of ether oxygens (including phenoxy) is 1. The molecule has 1 fully saturated rings. The van der Waals surface area contributed by atoms with Crippen LogP contribution in [0.5, 0.6) is 0 Å². The van der Waals surface area contributed by atoms with E-state index in [9.17, 15) is 9.59 Å². The number of carbonyl (C=O) groups excluding carboxylic acids is 2. The summed E-state index contributed by atoms with van der Waals surface area (Å²) in [5.41, 5.74) is 2.67. The first-order valence-electron chi connectivity index (χ1n) is 6.00. The van der Waals surface area contributed by atoms with E-state index in [1.807, 2.05) is 6.92 Å². The molecule has 0 aromatic heterocycles. The second-order valence-electron chi connectivity index (χ2n) is 4.54. The molecule has 0 saturated carbocycles. The van der Waals surface area contributed by atoms with Crippen LogP contribution >= 0.6 is 0 Å². The molecule has 18 heavy (non-hydrogen) atoms. The van der Waals surface area contributed by atoms with E-state index >= 15 is 0 Å². The van der Waals surface area contributed by atoms with Gasteiger partial charge in [0.2, 0.25) is 5.91 Å². The Morgan fingerprint density at radius 1 is 1.61 bits per heavy atom. The summed E-state index contributed by atoms with van der Waals surface area (Å²) in [7, 11) is 0. The van der Waals surface area contributed by atoms with Gasteiger partial charge in [-0.25, -0.2) is 5.43 Å². The number of hydrazone groups is 1. The zero-order valence-corrected chi connectivity index (χ0v) is 10.3. The Balaban J connectivity index is 2.05. The maximum atomic E-state index is 12.2. The monoisotopic (exact) mass is 255 g/mol. The van der Waals surface area contributed by atoms with E-state index in [0.717, 1.165) is 0 Å². The molecule has 1 saturated heterocycles. The van der Waals surface area contributed by atoms with Crippen molar-refractivity contribution in [2.75, 3.05) is 19.8 Å². The molecule has 2 N–H and O–H groups in total. The third-order valence-corrected chi connectivity index (χ3v) is 3.12. The highest BCUT2D eigenvalue weighted by Gasteiger charge is 2.32. The van der Waals surface area contributed by atoms with Crippen molar-refractivity contribution in [1.82, 2.24) is 10.3 Å². The first-order chi connectivity index (χ1) is 8.61. The van der Waals surface area contributed by atoms with Gasteiger partial charge in [-0.1, -0.05) is 0 Å². The van der Waals surface area contributed by atoms with Crippen LogP contribution in [0.25, 0.3) is 0 Å². The fourth-order valence-electron chi connectivity index (χ4n) is 2.00. The summed E-state index contributed by atoms with van der Waals surface area (Å²) in [4.78, 5) is 24.9. The van der Waals surface area contributed by atoms with Gasteiger partial charge in [-0.3, -0.25) is 9.59 Å². The van der Waals surface area contributed by atoms with Crippen LogP contribution in [-0.2, 0) is 14.3 Å². The van der Waals surface area contributed by atoms with E-state index in [-0.39, 0.29) is 37.0 Å². The fraction of sp³-hybridized carbons (Fsp3) is 0.727. The number of nitrogens with one attached hydrogen (secondary N) is 1. The normalized spacial score (nSPS) is 28.7. The van der Waals surface area contributed by atoms with Crippen molar-refractivity contribution in [3.05, 3.63) is 0 Å². The molecule has 2 aliphatic rings. The number of amides is 2. The summed E-state index contributed by atoms with van der Waals surface area (Å²) in [6.07, 6.45) is 0.301. The molecule has 2 unspecified atom stereocenters. The summed E-state index contributed by atoms with van der Waals surface area (Å²) >= 11 is 0. The molecule has 100 valence electrons. The minimum atomic E-state index is -0.344. The second-order valence-corrected chi connectivity index (χ2v) is 4.54. The summed E-state index contributed by atoms with van der Waals surface area (Å²) in [6, 6.07) is -0.0550. The number of hydrogen-bond donors (Lipinski definition) is 2. The fourth-order valence-corrected chi connectivity index (χ4v) is 2.00. The lowest BCUT2D eigenvalue weighted by Crippen LogP contribution is -2.54. The first-order valence-corrected chi connectivity index (χ1v) is 6.00. The smallest absolute Gasteiger partial charge is 0.270 e. The molecule has 0 radical (unpaired) electrons. The van der Waals surface area contributed by atoms with Crippen LogP contribution in [0.1, 0.15) is 19.8 Å². The van der Waals surface area contributed by atoms with Gasteiger partial charge in [-0.2, -0.15) is 5.10 Å². The lowest BCUT2D eigenvalue weighted by atomic mass is 10.1. The van der Waals surface area contributed by atoms with Gasteiger partial charge >= 0.3 is 0 Å². The van der Waals surface area contributed by atoms with Crippen molar-refractivity contribution in [2.45, 2.75) is 31.9 Å². The maximum absolute atomic E-state index is 12.2. The van der Waals surface area contributed by atoms with Crippen molar-refractivity contribution in [3.8, 4) is 0 Å². The third-order valence-electron chi connectivity index (χ3n) is 3.12. The van der Waals surface area contributed by atoms with Gasteiger partial charge in [0, 0.05) is 19.4 Å². The lowest BCUT2D eigenvalue weighted by Gasteiger charge is -2.37. The Bertz CT molecular complexity index is 382. The molecule has 0 spiro atoms. The molecule has 0 bridgehead atoms. The highest BCUT2D eigenvalue weighted by atomic mass is 16.5. The van der Waals surface area contributed by atoms with E-state index in [4.69, 9.17) is 9.84 Å². The molecule has 0 aromatic carbocycles. The number of aliphatic hydroxyl groups excluding tert-OH is 1. The Kier molecular flexibility index (Phi) is 3.93. The molecule has 7 heteroatoms. The van der Waals surface area contributed by atoms with E-state index in [2.05, 4.69) is 10.5 Å². The molecule has 0 aromatic rings. The Morgan fingerprint density at radius 3 is 3.00 bits per heavy atom. The minimum absolute atomic E-state index is 0.0550. The summed E-state index contributed by atoms with van der Waals surface area (Å²) < 4.78 is 5.37. The number of morpholine rings is 1. The van der Waals surface area contributed by atoms with Crippen molar-refractivity contribution in [2.24, 2.45) is 5.10 Å². The van der Waals surface area contributed by atoms with E-state index < -0.39 is 0 Å². The van der Waals surface area contributed by atoms with Gasteiger partial charge in [0.25, 0.3) is 5.91 Å². The van der Waals surface area contributed by atoms with Crippen molar-refractivity contribution < 1.29 is 19.4 Å². The summed E-state index contributed by atoms with van der Waals surface area (Å²) in [5, 5.41) is 12.9. The number of hydrogen-bond acceptors (Lipinski definition) is 5. The van der Waals surface area contributed by atoms with Crippen molar-refractivity contribution in [1.29, 1.82) is 0 Å². The summed E-state index contributed by atoms with van der Waals surface area (Å²) in [5.74, 6) is -0.362. The highest BCUT2D eigenvalue weighted by Crippen LogP contribution is 2.14. The van der Waals surface area contributed by atoms with Crippen LogP contribution in [0.3, 0.4) is 0 Å². The Labute approximate surface area is 105 Å². The minimum Gasteiger partial charge on any atom is -0.394 e. The van der Waals surface area contributed by atoms with E-state index in [1.54, 1.807) is 4.90 Å². The van der Waals surface area contributed by atoms with Crippen LogP contribution in [0, 0.1) is 0 Å². The average Bonchev–Trinajstić information content (AvgIpc) is 2.39. The molecular formula is C11H17N3O4. The van der Waals surface area contributed by atoms with E-state index in [0.29, 0.717) is 25.3 Å². The molecule has 2 atom stereocenters. The van der Waals surface area contributed by atoms with Crippen molar-refractivity contribution in [3.63, 3.8) is 0 Å². The molecule has 7 nitrogen and oxygen atoms in total. The van der Waals surface area contributed by atoms with Crippen molar-refractivity contribution >= 4 is 17.5 Å². The number of carbonyl (C=O) groups is 2. The SMILES string of the molecule is CC1COC(CO)CN1C(=O)C1=NNC(=O)CC1. The topological polar surface area (TPSA) is 91.2 Å². The van der Waals surface area contributed by atoms with Crippen LogP contribution in [0.2, 0.25) is 0 Å². The van der Waals surface area contributed by atoms with Gasteiger partial charge in [0.1, 0.15) is 5.71 Å². The second kappa shape index (κ2) is 5.45. The molecule has 0 aliphatic carbocycles. The maximum Gasteiger partial charge on any atom is 0.270 e. The standard InChI is InChI=1S/C11H17N3O4/c1-7-6-18-8(5-15)4-14(7)11(17)9-2-3-10(16)13-12-9/h7-8,15H,2-6H2,1H3,(H,13,16). The van der Waals surface area contributed by atoms with Gasteiger partial charge in [0.05, 0.1) is 25.4 Å². The number of rotatable bonds is 2.